The molecular weight excluding hydrogens is 303 g/mol. The second-order valence-electron chi connectivity index (χ2n) is 5.16. The summed E-state index contributed by atoms with van der Waals surface area (Å²) in [6, 6.07) is 9.95. The molecule has 2 nitrogen and oxygen atoms in total. The van der Waals surface area contributed by atoms with Crippen molar-refractivity contribution in [3.05, 3.63) is 52.3 Å². The van der Waals surface area contributed by atoms with Gasteiger partial charge in [0, 0.05) is 18.4 Å². The van der Waals surface area contributed by atoms with Gasteiger partial charge in [-0.05, 0) is 43.8 Å². The van der Waals surface area contributed by atoms with Crippen LogP contribution in [0.4, 0.5) is 0 Å². The number of hydrogen-bond donors (Lipinski definition) is 0. The van der Waals surface area contributed by atoms with Gasteiger partial charge in [-0.1, -0.05) is 49.5 Å². The lowest BCUT2D eigenvalue weighted by Crippen LogP contribution is -2.25. The highest BCUT2D eigenvalue weighted by atomic mass is 35.5. The van der Waals surface area contributed by atoms with Gasteiger partial charge in [0.15, 0.2) is 0 Å². The molecule has 0 atom stereocenters. The number of nitrogens with zero attached hydrogens (tertiary/aromatic N) is 2. The van der Waals surface area contributed by atoms with Gasteiger partial charge in [0.25, 0.3) is 0 Å². The first-order valence-electron chi connectivity index (χ1n) is 7.50. The van der Waals surface area contributed by atoms with Crippen molar-refractivity contribution in [2.45, 2.75) is 33.2 Å². The molecule has 0 aliphatic heterocycles. The van der Waals surface area contributed by atoms with E-state index in [0.717, 1.165) is 25.3 Å². The molecule has 0 bridgehead atoms. The Labute approximate surface area is 137 Å². The maximum atomic E-state index is 6.34. The van der Waals surface area contributed by atoms with Crippen LogP contribution in [-0.2, 0) is 6.54 Å². The van der Waals surface area contributed by atoms with Crippen molar-refractivity contribution in [1.29, 1.82) is 0 Å². The van der Waals surface area contributed by atoms with Crippen molar-refractivity contribution in [2.24, 2.45) is 0 Å². The molecule has 0 saturated heterocycles. The predicted octanol–water partition coefficient (Wildman–Crippen LogP) is 5.41. The van der Waals surface area contributed by atoms with Crippen LogP contribution in [0.3, 0.4) is 0 Å². The largest absolute Gasteiger partial charge is 0.318 e. The number of unbranched alkanes of at least 4 members (excludes halogenated alkanes) is 1. The number of halogens is 2. The van der Waals surface area contributed by atoms with Crippen LogP contribution in [-0.4, -0.2) is 22.6 Å². The fourth-order valence-corrected chi connectivity index (χ4v) is 2.80. The lowest BCUT2D eigenvalue weighted by molar-refractivity contribution is 0.271. The monoisotopic (exact) mass is 324 g/mol. The van der Waals surface area contributed by atoms with Crippen LogP contribution < -0.4 is 0 Å². The van der Waals surface area contributed by atoms with Gasteiger partial charge in [0.2, 0.25) is 0 Å². The number of aromatic nitrogens is 1. The van der Waals surface area contributed by atoms with E-state index < -0.39 is 0 Å². The summed E-state index contributed by atoms with van der Waals surface area (Å²) in [4.78, 5) is 2.45. The minimum absolute atomic E-state index is 0.590. The minimum atomic E-state index is 0.590. The summed E-state index contributed by atoms with van der Waals surface area (Å²) in [5.41, 5.74) is 2.17. The zero-order chi connectivity index (χ0) is 15.2. The molecule has 1 heterocycles. The average molecular weight is 325 g/mol. The summed E-state index contributed by atoms with van der Waals surface area (Å²) in [6.07, 6.45) is 4.49. The van der Waals surface area contributed by atoms with Gasteiger partial charge in [-0.25, -0.2) is 0 Å². The SMILES string of the molecule is CCCCN(CC)Cc1cccn1-c1cccc(Cl)c1Cl. The van der Waals surface area contributed by atoms with Gasteiger partial charge in [0.05, 0.1) is 15.7 Å². The summed E-state index contributed by atoms with van der Waals surface area (Å²) in [7, 11) is 0. The molecule has 2 aromatic rings. The molecule has 0 unspecified atom stereocenters. The standard InChI is InChI=1S/C17H22Cl2N2/c1-3-5-11-20(4-2)13-14-8-7-12-21(14)16-10-6-9-15(18)17(16)19/h6-10,12H,3-5,11,13H2,1-2H3. The maximum Gasteiger partial charge on any atom is 0.0832 e. The zero-order valence-corrected chi connectivity index (χ0v) is 14.2. The Balaban J connectivity index is 2.24. The molecule has 0 aliphatic rings. The molecule has 1 aromatic carbocycles. The Bertz CT molecular complexity index is 578. The second kappa shape index (κ2) is 7.88. The summed E-state index contributed by atoms with van der Waals surface area (Å²) < 4.78 is 2.13. The average Bonchev–Trinajstić information content (AvgIpc) is 2.94. The van der Waals surface area contributed by atoms with E-state index >= 15 is 0 Å². The molecule has 0 fully saturated rings. The van der Waals surface area contributed by atoms with Crippen LogP contribution in [0.15, 0.2) is 36.5 Å². The first-order valence-corrected chi connectivity index (χ1v) is 8.26. The topological polar surface area (TPSA) is 8.17 Å². The Kier molecular flexibility index (Phi) is 6.16. The minimum Gasteiger partial charge on any atom is -0.318 e. The Morgan fingerprint density at radius 3 is 2.62 bits per heavy atom. The summed E-state index contributed by atoms with van der Waals surface area (Å²) in [5, 5.41) is 1.19. The fourth-order valence-electron chi connectivity index (χ4n) is 2.42. The Hall–Kier alpha value is -0.960. The lowest BCUT2D eigenvalue weighted by Gasteiger charge is -2.21. The maximum absolute atomic E-state index is 6.34. The molecule has 2 rings (SSSR count). The summed E-state index contributed by atoms with van der Waals surface area (Å²) >= 11 is 12.5. The highest BCUT2D eigenvalue weighted by molar-refractivity contribution is 6.43. The van der Waals surface area contributed by atoms with Gasteiger partial charge in [-0.15, -0.1) is 0 Å². The molecule has 0 saturated carbocycles. The van der Waals surface area contributed by atoms with Crippen molar-refractivity contribution in [2.75, 3.05) is 13.1 Å². The number of benzene rings is 1. The Morgan fingerprint density at radius 2 is 1.90 bits per heavy atom. The molecule has 4 heteroatoms. The summed E-state index contributed by atoms with van der Waals surface area (Å²) in [5.74, 6) is 0. The first kappa shape index (κ1) is 16.4. The first-order chi connectivity index (χ1) is 10.2. The predicted molar refractivity (Wildman–Crippen MR) is 91.6 cm³/mol. The molecule has 1 aromatic heterocycles. The van der Waals surface area contributed by atoms with Gasteiger partial charge in [-0.3, -0.25) is 4.90 Å². The highest BCUT2D eigenvalue weighted by Crippen LogP contribution is 2.29. The van der Waals surface area contributed by atoms with E-state index in [1.54, 1.807) is 0 Å². The van der Waals surface area contributed by atoms with Crippen LogP contribution in [0.2, 0.25) is 10.0 Å². The van der Waals surface area contributed by atoms with E-state index in [9.17, 15) is 0 Å². The molecule has 0 radical (unpaired) electrons. The van der Waals surface area contributed by atoms with Crippen molar-refractivity contribution < 1.29 is 0 Å². The summed E-state index contributed by atoms with van der Waals surface area (Å²) in [6.45, 7) is 7.53. The normalized spacial score (nSPS) is 11.3. The second-order valence-corrected chi connectivity index (χ2v) is 5.95. The van der Waals surface area contributed by atoms with Crippen molar-refractivity contribution in [3.63, 3.8) is 0 Å². The van der Waals surface area contributed by atoms with Crippen LogP contribution in [0, 0.1) is 0 Å². The van der Waals surface area contributed by atoms with E-state index in [0.29, 0.717) is 10.0 Å². The molecule has 0 amide bonds. The van der Waals surface area contributed by atoms with Gasteiger partial charge < -0.3 is 4.57 Å². The van der Waals surface area contributed by atoms with E-state index in [1.165, 1.54) is 18.5 Å². The van der Waals surface area contributed by atoms with Crippen LogP contribution in [0.25, 0.3) is 5.69 Å². The van der Waals surface area contributed by atoms with Crippen LogP contribution in [0.1, 0.15) is 32.4 Å². The van der Waals surface area contributed by atoms with Crippen molar-refractivity contribution >= 4 is 23.2 Å². The van der Waals surface area contributed by atoms with Crippen LogP contribution in [0.5, 0.6) is 0 Å². The highest BCUT2D eigenvalue weighted by Gasteiger charge is 2.11. The quantitative estimate of drug-likeness (QED) is 0.661. The number of hydrogen-bond acceptors (Lipinski definition) is 1. The van der Waals surface area contributed by atoms with Crippen LogP contribution >= 0.6 is 23.2 Å². The van der Waals surface area contributed by atoms with Crippen molar-refractivity contribution in [3.8, 4) is 5.69 Å². The lowest BCUT2D eigenvalue weighted by atomic mass is 10.2. The van der Waals surface area contributed by atoms with E-state index in [4.69, 9.17) is 23.2 Å². The van der Waals surface area contributed by atoms with Crippen molar-refractivity contribution in [1.82, 2.24) is 9.47 Å². The van der Waals surface area contributed by atoms with E-state index in [2.05, 4.69) is 35.4 Å². The van der Waals surface area contributed by atoms with Gasteiger partial charge in [0.1, 0.15) is 0 Å². The molecule has 0 spiro atoms. The third-order valence-corrected chi connectivity index (χ3v) is 4.49. The Morgan fingerprint density at radius 1 is 1.10 bits per heavy atom. The van der Waals surface area contributed by atoms with Gasteiger partial charge in [-0.2, -0.15) is 0 Å². The van der Waals surface area contributed by atoms with Gasteiger partial charge >= 0.3 is 0 Å². The molecule has 114 valence electrons. The zero-order valence-electron chi connectivity index (χ0n) is 12.6. The molecular formula is C17H22Cl2N2. The molecule has 0 N–H and O–H groups in total. The third kappa shape index (κ3) is 4.03. The van der Waals surface area contributed by atoms with E-state index in [-0.39, 0.29) is 0 Å². The number of rotatable bonds is 7. The molecule has 0 aliphatic carbocycles. The third-order valence-electron chi connectivity index (χ3n) is 3.68. The van der Waals surface area contributed by atoms with E-state index in [1.807, 2.05) is 24.4 Å². The smallest absolute Gasteiger partial charge is 0.0832 e. The fraction of sp³-hybridized carbons (Fsp3) is 0.412. The molecule has 21 heavy (non-hydrogen) atoms.